The number of aromatic nitrogens is 1. The van der Waals surface area contributed by atoms with E-state index in [2.05, 4.69) is 20.9 Å². The predicted molar refractivity (Wildman–Crippen MR) is 84.1 cm³/mol. The van der Waals surface area contributed by atoms with Crippen LogP contribution in [0.3, 0.4) is 0 Å². The minimum Gasteiger partial charge on any atom is -0.350 e. The van der Waals surface area contributed by atoms with Crippen molar-refractivity contribution in [2.24, 2.45) is 5.92 Å². The van der Waals surface area contributed by atoms with Gasteiger partial charge in [0.15, 0.2) is 6.29 Å². The third-order valence-corrected chi connectivity index (χ3v) is 6.68. The number of rotatable bonds is 3. The van der Waals surface area contributed by atoms with Crippen LogP contribution in [-0.2, 0) is 19.5 Å². The normalized spacial score (nSPS) is 22.3. The summed E-state index contributed by atoms with van der Waals surface area (Å²) in [7, 11) is -3.63. The lowest BCUT2D eigenvalue weighted by Gasteiger charge is -2.33. The molecule has 2 fully saturated rings. The molecule has 122 valence electrons. The van der Waals surface area contributed by atoms with Crippen LogP contribution < -0.4 is 0 Å². The fourth-order valence-corrected chi connectivity index (χ4v) is 5.15. The lowest BCUT2D eigenvalue weighted by molar-refractivity contribution is -0.0938. The van der Waals surface area contributed by atoms with Crippen LogP contribution in [-0.4, -0.2) is 50.3 Å². The number of halogens is 2. The third kappa shape index (κ3) is 3.32. The van der Waals surface area contributed by atoms with E-state index >= 15 is 0 Å². The average Bonchev–Trinajstić information content (AvgIpc) is 3.04. The highest BCUT2D eigenvalue weighted by Crippen LogP contribution is 2.31. The molecule has 2 aliphatic heterocycles. The monoisotopic (exact) mass is 410 g/mol. The van der Waals surface area contributed by atoms with E-state index in [-0.39, 0.29) is 22.3 Å². The molecule has 0 N–H and O–H groups in total. The molecule has 0 spiro atoms. The van der Waals surface area contributed by atoms with E-state index in [9.17, 15) is 8.42 Å². The Morgan fingerprint density at radius 2 is 1.91 bits per heavy atom. The van der Waals surface area contributed by atoms with E-state index in [0.29, 0.717) is 43.6 Å². The van der Waals surface area contributed by atoms with E-state index in [1.54, 1.807) is 0 Å². The molecule has 0 atom stereocenters. The molecule has 1 aromatic heterocycles. The van der Waals surface area contributed by atoms with Crippen molar-refractivity contribution in [2.75, 3.05) is 26.3 Å². The SMILES string of the molecule is O=S(=O)(c1cc(Br)cnc1Cl)N1CCC(C2OCCO2)CC1. The van der Waals surface area contributed by atoms with E-state index in [4.69, 9.17) is 21.1 Å². The van der Waals surface area contributed by atoms with Crippen LogP contribution >= 0.6 is 27.5 Å². The second-order valence-electron chi connectivity index (χ2n) is 5.29. The molecular formula is C13H16BrClN2O4S. The number of sulfonamides is 1. The van der Waals surface area contributed by atoms with E-state index in [0.717, 1.165) is 0 Å². The Bertz CT molecular complexity index is 643. The second-order valence-corrected chi connectivity index (χ2v) is 8.47. The van der Waals surface area contributed by atoms with Crippen molar-refractivity contribution in [1.82, 2.24) is 9.29 Å². The predicted octanol–water partition coefficient (Wildman–Crippen LogP) is 2.27. The van der Waals surface area contributed by atoms with Crippen LogP contribution in [0.4, 0.5) is 0 Å². The van der Waals surface area contributed by atoms with E-state index in [1.807, 2.05) is 0 Å². The summed E-state index contributed by atoms with van der Waals surface area (Å²) in [5.74, 6) is 0.241. The molecule has 0 amide bonds. The largest absolute Gasteiger partial charge is 0.350 e. The first-order chi connectivity index (χ1) is 10.5. The first-order valence-corrected chi connectivity index (χ1v) is 9.64. The van der Waals surface area contributed by atoms with Gasteiger partial charge in [-0.15, -0.1) is 0 Å². The summed E-state index contributed by atoms with van der Waals surface area (Å²) in [5, 5.41) is -0.00668. The van der Waals surface area contributed by atoms with Gasteiger partial charge in [-0.05, 0) is 34.8 Å². The number of hydrogen-bond donors (Lipinski definition) is 0. The standard InChI is InChI=1S/C13H16BrClN2O4S/c14-10-7-11(12(15)16-8-10)22(18,19)17-3-1-9(2-4-17)13-20-5-6-21-13/h7-9,13H,1-6H2. The molecule has 0 radical (unpaired) electrons. The van der Waals surface area contributed by atoms with Crippen LogP contribution in [0.5, 0.6) is 0 Å². The lowest BCUT2D eigenvalue weighted by atomic mass is 9.98. The summed E-state index contributed by atoms with van der Waals surface area (Å²) in [6.07, 6.45) is 2.70. The van der Waals surface area contributed by atoms with Crippen LogP contribution in [0.25, 0.3) is 0 Å². The minimum atomic E-state index is -3.63. The van der Waals surface area contributed by atoms with Crippen molar-refractivity contribution in [3.63, 3.8) is 0 Å². The Morgan fingerprint density at radius 3 is 2.55 bits per heavy atom. The minimum absolute atomic E-state index is 0.00668. The molecule has 6 nitrogen and oxygen atoms in total. The Morgan fingerprint density at radius 1 is 1.27 bits per heavy atom. The van der Waals surface area contributed by atoms with Crippen LogP contribution in [0, 0.1) is 5.92 Å². The van der Waals surface area contributed by atoms with Gasteiger partial charge in [-0.3, -0.25) is 0 Å². The topological polar surface area (TPSA) is 68.7 Å². The Labute approximate surface area is 142 Å². The number of piperidine rings is 1. The first kappa shape index (κ1) is 16.6. The summed E-state index contributed by atoms with van der Waals surface area (Å²) >= 11 is 9.18. The zero-order valence-corrected chi connectivity index (χ0v) is 14.9. The van der Waals surface area contributed by atoms with Gasteiger partial charge in [0.05, 0.1) is 13.2 Å². The maximum atomic E-state index is 12.7. The van der Waals surface area contributed by atoms with Gasteiger partial charge < -0.3 is 9.47 Å². The van der Waals surface area contributed by atoms with Gasteiger partial charge in [0.1, 0.15) is 10.0 Å². The van der Waals surface area contributed by atoms with Crippen molar-refractivity contribution in [3.05, 3.63) is 21.9 Å². The van der Waals surface area contributed by atoms with Crippen LogP contribution in [0.1, 0.15) is 12.8 Å². The Kier molecular flexibility index (Phi) is 5.06. The Balaban J connectivity index is 1.73. The quantitative estimate of drug-likeness (QED) is 0.714. The van der Waals surface area contributed by atoms with Crippen molar-refractivity contribution in [3.8, 4) is 0 Å². The number of pyridine rings is 1. The summed E-state index contributed by atoms with van der Waals surface area (Å²) in [6.45, 7) is 2.09. The number of ether oxygens (including phenoxy) is 2. The van der Waals surface area contributed by atoms with Gasteiger partial charge in [-0.25, -0.2) is 13.4 Å². The van der Waals surface area contributed by atoms with Gasteiger partial charge in [0, 0.05) is 29.7 Å². The van der Waals surface area contributed by atoms with Gasteiger partial charge >= 0.3 is 0 Å². The molecule has 22 heavy (non-hydrogen) atoms. The molecule has 3 heterocycles. The lowest BCUT2D eigenvalue weighted by Crippen LogP contribution is -2.41. The average molecular weight is 412 g/mol. The molecule has 0 aromatic carbocycles. The second kappa shape index (κ2) is 6.70. The fraction of sp³-hybridized carbons (Fsp3) is 0.615. The molecule has 3 rings (SSSR count). The third-order valence-electron chi connectivity index (χ3n) is 3.92. The maximum Gasteiger partial charge on any atom is 0.246 e. The molecule has 0 saturated carbocycles. The van der Waals surface area contributed by atoms with Crippen LogP contribution in [0.2, 0.25) is 5.15 Å². The molecular weight excluding hydrogens is 396 g/mol. The molecule has 2 saturated heterocycles. The highest BCUT2D eigenvalue weighted by atomic mass is 79.9. The zero-order chi connectivity index (χ0) is 15.7. The number of nitrogens with zero attached hydrogens (tertiary/aromatic N) is 2. The van der Waals surface area contributed by atoms with Crippen molar-refractivity contribution in [1.29, 1.82) is 0 Å². The zero-order valence-electron chi connectivity index (χ0n) is 11.7. The molecule has 1 aromatic rings. The summed E-state index contributed by atoms with van der Waals surface area (Å²) in [4.78, 5) is 3.93. The maximum absolute atomic E-state index is 12.7. The van der Waals surface area contributed by atoms with Gasteiger partial charge in [0.2, 0.25) is 10.0 Å². The van der Waals surface area contributed by atoms with Crippen molar-refractivity contribution < 1.29 is 17.9 Å². The smallest absolute Gasteiger partial charge is 0.246 e. The van der Waals surface area contributed by atoms with Gasteiger partial charge in [-0.2, -0.15) is 4.31 Å². The van der Waals surface area contributed by atoms with Crippen molar-refractivity contribution >= 4 is 37.6 Å². The fourth-order valence-electron chi connectivity index (χ4n) is 2.76. The van der Waals surface area contributed by atoms with E-state index < -0.39 is 10.0 Å². The van der Waals surface area contributed by atoms with Gasteiger partial charge in [0.25, 0.3) is 0 Å². The summed E-state index contributed by atoms with van der Waals surface area (Å²) in [5.41, 5.74) is 0. The van der Waals surface area contributed by atoms with Crippen molar-refractivity contribution in [2.45, 2.75) is 24.0 Å². The first-order valence-electron chi connectivity index (χ1n) is 7.03. The molecule has 0 bridgehead atoms. The summed E-state index contributed by atoms with van der Waals surface area (Å²) < 4.78 is 38.5. The van der Waals surface area contributed by atoms with Crippen LogP contribution in [0.15, 0.2) is 21.6 Å². The summed E-state index contributed by atoms with van der Waals surface area (Å²) in [6, 6.07) is 1.49. The molecule has 2 aliphatic rings. The highest BCUT2D eigenvalue weighted by molar-refractivity contribution is 9.10. The molecule has 0 aliphatic carbocycles. The van der Waals surface area contributed by atoms with Gasteiger partial charge in [-0.1, -0.05) is 11.6 Å². The molecule has 9 heteroatoms. The Hall–Kier alpha value is -0.250. The highest BCUT2D eigenvalue weighted by Gasteiger charge is 2.35. The number of hydrogen-bond acceptors (Lipinski definition) is 5. The molecule has 0 unspecified atom stereocenters. The van der Waals surface area contributed by atoms with E-state index in [1.165, 1.54) is 16.6 Å².